The summed E-state index contributed by atoms with van der Waals surface area (Å²) >= 11 is 5.64. The standard InChI is InChI=1S/C16H13ClFN5O3/c1-8-5-9(2)23-16(19-8)21-14(22-23)15(25)26-7-13(24)20-12-4-3-10(17)6-11(12)18/h3-6H,7H2,1-2H3,(H,20,24). The highest BCUT2D eigenvalue weighted by Gasteiger charge is 2.18. The van der Waals surface area contributed by atoms with Gasteiger partial charge in [-0.2, -0.15) is 4.98 Å². The van der Waals surface area contributed by atoms with E-state index in [0.29, 0.717) is 0 Å². The maximum atomic E-state index is 13.6. The van der Waals surface area contributed by atoms with Gasteiger partial charge in [0.2, 0.25) is 0 Å². The van der Waals surface area contributed by atoms with Crippen molar-refractivity contribution in [3.8, 4) is 0 Å². The van der Waals surface area contributed by atoms with Crippen LogP contribution in [-0.4, -0.2) is 38.1 Å². The van der Waals surface area contributed by atoms with Crippen LogP contribution in [0.3, 0.4) is 0 Å². The third-order valence-electron chi connectivity index (χ3n) is 3.34. The molecule has 0 atom stereocenters. The third-order valence-corrected chi connectivity index (χ3v) is 3.58. The van der Waals surface area contributed by atoms with E-state index in [1.165, 1.54) is 16.6 Å². The number of benzene rings is 1. The highest BCUT2D eigenvalue weighted by Crippen LogP contribution is 2.18. The number of carbonyl (C=O) groups is 2. The van der Waals surface area contributed by atoms with E-state index >= 15 is 0 Å². The summed E-state index contributed by atoms with van der Waals surface area (Å²) in [4.78, 5) is 32.0. The Balaban J connectivity index is 1.65. The van der Waals surface area contributed by atoms with E-state index in [9.17, 15) is 14.0 Å². The van der Waals surface area contributed by atoms with Crippen LogP contribution in [0.25, 0.3) is 5.78 Å². The molecule has 3 aromatic rings. The summed E-state index contributed by atoms with van der Waals surface area (Å²) in [7, 11) is 0. The SMILES string of the molecule is Cc1cc(C)n2nc(C(=O)OCC(=O)Nc3ccc(Cl)cc3F)nc2n1. The van der Waals surface area contributed by atoms with Gasteiger partial charge >= 0.3 is 5.97 Å². The van der Waals surface area contributed by atoms with Gasteiger partial charge in [-0.25, -0.2) is 18.7 Å². The summed E-state index contributed by atoms with van der Waals surface area (Å²) in [5.74, 6) is -2.28. The van der Waals surface area contributed by atoms with Crippen molar-refractivity contribution in [2.45, 2.75) is 13.8 Å². The third kappa shape index (κ3) is 3.77. The number of nitrogens with one attached hydrogen (secondary N) is 1. The van der Waals surface area contributed by atoms with Crippen LogP contribution in [0.4, 0.5) is 10.1 Å². The molecule has 2 aromatic heterocycles. The van der Waals surface area contributed by atoms with Gasteiger partial charge in [-0.15, -0.1) is 5.10 Å². The van der Waals surface area contributed by atoms with Gasteiger partial charge < -0.3 is 10.1 Å². The number of halogens is 2. The fourth-order valence-electron chi connectivity index (χ4n) is 2.23. The first kappa shape index (κ1) is 17.7. The van der Waals surface area contributed by atoms with E-state index in [1.807, 2.05) is 0 Å². The van der Waals surface area contributed by atoms with Gasteiger partial charge in [-0.1, -0.05) is 11.6 Å². The van der Waals surface area contributed by atoms with Crippen molar-refractivity contribution >= 4 is 34.9 Å². The molecule has 2 heterocycles. The number of esters is 1. The molecule has 26 heavy (non-hydrogen) atoms. The highest BCUT2D eigenvalue weighted by molar-refractivity contribution is 6.30. The zero-order valence-corrected chi connectivity index (χ0v) is 14.5. The van der Waals surface area contributed by atoms with Crippen LogP contribution >= 0.6 is 11.6 Å². The molecule has 0 bridgehead atoms. The van der Waals surface area contributed by atoms with Crippen molar-refractivity contribution in [2.24, 2.45) is 0 Å². The van der Waals surface area contributed by atoms with Gasteiger partial charge in [-0.05, 0) is 38.1 Å². The molecule has 0 unspecified atom stereocenters. The first-order valence-corrected chi connectivity index (χ1v) is 7.84. The van der Waals surface area contributed by atoms with Gasteiger partial charge in [0.1, 0.15) is 5.82 Å². The van der Waals surface area contributed by atoms with Crippen molar-refractivity contribution in [3.63, 3.8) is 0 Å². The van der Waals surface area contributed by atoms with Crippen LogP contribution in [0.1, 0.15) is 22.0 Å². The van der Waals surface area contributed by atoms with Gasteiger partial charge in [0.05, 0.1) is 5.69 Å². The van der Waals surface area contributed by atoms with Crippen LogP contribution in [0.2, 0.25) is 5.02 Å². The van der Waals surface area contributed by atoms with Crippen molar-refractivity contribution in [2.75, 3.05) is 11.9 Å². The van der Waals surface area contributed by atoms with E-state index < -0.39 is 24.3 Å². The summed E-state index contributed by atoms with van der Waals surface area (Å²) in [5, 5.41) is 6.48. The topological polar surface area (TPSA) is 98.5 Å². The van der Waals surface area contributed by atoms with Gasteiger partial charge in [0.15, 0.2) is 6.61 Å². The van der Waals surface area contributed by atoms with Crippen molar-refractivity contribution in [3.05, 3.63) is 52.3 Å². The molecule has 0 saturated heterocycles. The Bertz CT molecular complexity index is 1020. The Kier molecular flexibility index (Phi) is 4.81. The predicted octanol–water partition coefficient (Wildman–Crippen LogP) is 2.33. The second kappa shape index (κ2) is 7.04. The molecule has 8 nitrogen and oxygen atoms in total. The summed E-state index contributed by atoms with van der Waals surface area (Å²) in [5.41, 5.74) is 1.40. The monoisotopic (exact) mass is 377 g/mol. The number of amides is 1. The molecule has 10 heteroatoms. The average Bonchev–Trinajstić information content (AvgIpc) is 2.99. The van der Waals surface area contributed by atoms with Crippen LogP contribution in [0.5, 0.6) is 0 Å². The minimum atomic E-state index is -0.890. The summed E-state index contributed by atoms with van der Waals surface area (Å²) < 4.78 is 19.9. The fraction of sp³-hybridized carbons (Fsp3) is 0.188. The largest absolute Gasteiger partial charge is 0.450 e. The lowest BCUT2D eigenvalue weighted by atomic mass is 10.3. The number of carbonyl (C=O) groups excluding carboxylic acids is 2. The van der Waals surface area contributed by atoms with Crippen molar-refractivity contribution in [1.82, 2.24) is 19.6 Å². The lowest BCUT2D eigenvalue weighted by molar-refractivity contribution is -0.119. The van der Waals surface area contributed by atoms with E-state index in [-0.39, 0.29) is 22.3 Å². The average molecular weight is 378 g/mol. The number of aromatic nitrogens is 4. The molecule has 0 aliphatic heterocycles. The quantitative estimate of drug-likeness (QED) is 0.701. The number of aryl methyl sites for hydroxylation is 2. The molecular formula is C16H13ClFN5O3. The van der Waals surface area contributed by atoms with Gasteiger partial charge in [0.25, 0.3) is 17.5 Å². The van der Waals surface area contributed by atoms with Crippen LogP contribution in [0.15, 0.2) is 24.3 Å². The molecular weight excluding hydrogens is 365 g/mol. The number of ether oxygens (including phenoxy) is 1. The lowest BCUT2D eigenvalue weighted by Gasteiger charge is -2.06. The Morgan fingerprint density at radius 2 is 2.04 bits per heavy atom. The minimum Gasteiger partial charge on any atom is -0.450 e. The molecule has 0 spiro atoms. The summed E-state index contributed by atoms with van der Waals surface area (Å²) in [6.45, 7) is 2.96. The van der Waals surface area contributed by atoms with E-state index in [0.717, 1.165) is 17.5 Å². The maximum absolute atomic E-state index is 13.6. The number of hydrogen-bond acceptors (Lipinski definition) is 6. The number of hydrogen-bond donors (Lipinski definition) is 1. The number of anilines is 1. The first-order valence-electron chi connectivity index (χ1n) is 7.46. The second-order valence-corrected chi connectivity index (χ2v) is 5.87. The minimum absolute atomic E-state index is 0.0726. The lowest BCUT2D eigenvalue weighted by Crippen LogP contribution is -2.22. The molecule has 0 aliphatic rings. The predicted molar refractivity (Wildman–Crippen MR) is 90.6 cm³/mol. The van der Waals surface area contributed by atoms with E-state index in [2.05, 4.69) is 20.4 Å². The number of nitrogens with zero attached hydrogens (tertiary/aromatic N) is 4. The molecule has 134 valence electrons. The molecule has 0 radical (unpaired) electrons. The molecule has 1 N–H and O–H groups in total. The molecule has 1 aromatic carbocycles. The molecule has 0 saturated carbocycles. The van der Waals surface area contributed by atoms with Crippen molar-refractivity contribution in [1.29, 1.82) is 0 Å². The Morgan fingerprint density at radius 1 is 1.27 bits per heavy atom. The highest BCUT2D eigenvalue weighted by atomic mass is 35.5. The number of fused-ring (bicyclic) bond motifs is 1. The van der Waals surface area contributed by atoms with Crippen LogP contribution in [0, 0.1) is 19.7 Å². The Labute approximate surface area is 152 Å². The zero-order valence-electron chi connectivity index (χ0n) is 13.8. The van der Waals surface area contributed by atoms with Crippen molar-refractivity contribution < 1.29 is 18.7 Å². The fourth-order valence-corrected chi connectivity index (χ4v) is 2.38. The van der Waals surface area contributed by atoms with Crippen LogP contribution < -0.4 is 5.32 Å². The zero-order chi connectivity index (χ0) is 18.8. The van der Waals surface area contributed by atoms with Gasteiger partial charge in [-0.3, -0.25) is 4.79 Å². The van der Waals surface area contributed by atoms with Crippen LogP contribution in [-0.2, 0) is 9.53 Å². The Hall–Kier alpha value is -3.07. The van der Waals surface area contributed by atoms with E-state index in [4.69, 9.17) is 16.3 Å². The normalized spacial score (nSPS) is 10.8. The molecule has 0 aliphatic carbocycles. The van der Waals surface area contributed by atoms with Gasteiger partial charge in [0, 0.05) is 16.4 Å². The molecule has 0 fully saturated rings. The summed E-state index contributed by atoms with van der Waals surface area (Å²) in [6, 6.07) is 5.56. The molecule has 3 rings (SSSR count). The summed E-state index contributed by atoms with van der Waals surface area (Å²) in [6.07, 6.45) is 0. The smallest absolute Gasteiger partial charge is 0.378 e. The number of rotatable bonds is 4. The first-order chi connectivity index (χ1) is 12.3. The second-order valence-electron chi connectivity index (χ2n) is 5.43. The maximum Gasteiger partial charge on any atom is 0.378 e. The molecule has 1 amide bonds. The Morgan fingerprint density at radius 3 is 2.77 bits per heavy atom. The van der Waals surface area contributed by atoms with E-state index in [1.54, 1.807) is 19.9 Å².